The number of hydrogen-bond donors (Lipinski definition) is 2. The summed E-state index contributed by atoms with van der Waals surface area (Å²) in [4.78, 5) is 24.3. The lowest BCUT2D eigenvalue weighted by Gasteiger charge is -2.32. The number of amides is 2. The van der Waals surface area contributed by atoms with Crippen molar-refractivity contribution in [3.63, 3.8) is 0 Å². The Hall–Kier alpha value is -2.62. The number of aryl methyl sites for hydroxylation is 2. The molecule has 0 bridgehead atoms. The van der Waals surface area contributed by atoms with E-state index in [-0.39, 0.29) is 40.6 Å². The largest absolute Gasteiger partial charge is 0.482 e. The number of nitrogens with one attached hydrogen (secondary N) is 2. The number of carbonyl (C=O) groups excluding carboxylic acids is 2. The minimum atomic E-state index is -3.96. The number of piperidine rings is 1. The fourth-order valence-corrected chi connectivity index (χ4v) is 6.02. The molecule has 1 saturated heterocycles. The van der Waals surface area contributed by atoms with Crippen LogP contribution < -0.4 is 15.4 Å². The summed E-state index contributed by atoms with van der Waals surface area (Å²) in [6.45, 7) is 4.05. The average Bonchev–Trinajstić information content (AvgIpc) is 2.75. The van der Waals surface area contributed by atoms with Gasteiger partial charge in [-0.3, -0.25) is 9.59 Å². The van der Waals surface area contributed by atoms with Crippen LogP contribution in [-0.2, 0) is 19.6 Å². The van der Waals surface area contributed by atoms with Crippen molar-refractivity contribution in [2.24, 2.45) is 5.92 Å². The zero-order chi connectivity index (χ0) is 23.0. The van der Waals surface area contributed by atoms with E-state index in [1.807, 2.05) is 32.0 Å². The van der Waals surface area contributed by atoms with Crippen molar-refractivity contribution in [3.05, 3.63) is 46.5 Å². The fourth-order valence-electron chi connectivity index (χ4n) is 3.98. The normalized spacial score (nSPS) is 19.0. The van der Waals surface area contributed by atoms with E-state index in [2.05, 4.69) is 10.6 Å². The van der Waals surface area contributed by atoms with Gasteiger partial charge >= 0.3 is 0 Å². The predicted molar refractivity (Wildman–Crippen MR) is 122 cm³/mol. The molecule has 2 aliphatic rings. The molecule has 2 aromatic rings. The van der Waals surface area contributed by atoms with Crippen molar-refractivity contribution in [1.29, 1.82) is 0 Å². The van der Waals surface area contributed by atoms with Crippen LogP contribution in [0.25, 0.3) is 0 Å². The third-order valence-corrected chi connectivity index (χ3v) is 8.01. The van der Waals surface area contributed by atoms with Crippen molar-refractivity contribution in [2.75, 3.05) is 30.3 Å². The molecule has 2 aliphatic heterocycles. The Bertz CT molecular complexity index is 1200. The Labute approximate surface area is 191 Å². The Morgan fingerprint density at radius 2 is 2.03 bits per heavy atom. The molecule has 10 heteroatoms. The van der Waals surface area contributed by atoms with Gasteiger partial charge in [-0.25, -0.2) is 8.42 Å². The van der Waals surface area contributed by atoms with Crippen LogP contribution in [0.2, 0.25) is 5.02 Å². The quantitative estimate of drug-likeness (QED) is 0.702. The van der Waals surface area contributed by atoms with Crippen molar-refractivity contribution in [1.82, 2.24) is 4.31 Å². The van der Waals surface area contributed by atoms with Gasteiger partial charge in [-0.05, 0) is 44.4 Å². The second kappa shape index (κ2) is 8.73. The number of benzene rings is 2. The lowest BCUT2D eigenvalue weighted by atomic mass is 9.98. The molecule has 0 aliphatic carbocycles. The molecular formula is C22H24ClN3O5S. The number of sulfonamides is 1. The van der Waals surface area contributed by atoms with Crippen molar-refractivity contribution in [2.45, 2.75) is 31.6 Å². The molecule has 0 aromatic heterocycles. The molecule has 2 heterocycles. The maximum Gasteiger partial charge on any atom is 0.262 e. The molecule has 0 unspecified atom stereocenters. The second-order valence-corrected chi connectivity index (χ2v) is 10.4. The van der Waals surface area contributed by atoms with Gasteiger partial charge in [0.05, 0.1) is 16.6 Å². The Morgan fingerprint density at radius 1 is 1.25 bits per heavy atom. The summed E-state index contributed by atoms with van der Waals surface area (Å²) in [5.41, 5.74) is 3.10. The van der Waals surface area contributed by atoms with Crippen molar-refractivity contribution >= 4 is 44.8 Å². The minimum absolute atomic E-state index is 0.0172. The second-order valence-electron chi connectivity index (χ2n) is 8.13. The third-order valence-electron chi connectivity index (χ3n) is 5.68. The summed E-state index contributed by atoms with van der Waals surface area (Å²) in [5.74, 6) is -0.780. The summed E-state index contributed by atoms with van der Waals surface area (Å²) in [7, 11) is -3.96. The molecule has 0 radical (unpaired) electrons. The molecular weight excluding hydrogens is 454 g/mol. The lowest BCUT2D eigenvalue weighted by Crippen LogP contribution is -2.43. The molecule has 1 atom stereocenters. The van der Waals surface area contributed by atoms with Crippen LogP contribution in [0, 0.1) is 19.8 Å². The first-order valence-corrected chi connectivity index (χ1v) is 12.1. The van der Waals surface area contributed by atoms with Crippen LogP contribution in [0.5, 0.6) is 5.75 Å². The first-order valence-electron chi connectivity index (χ1n) is 10.3. The zero-order valence-electron chi connectivity index (χ0n) is 17.8. The molecule has 32 heavy (non-hydrogen) atoms. The van der Waals surface area contributed by atoms with Crippen LogP contribution in [0.15, 0.2) is 35.2 Å². The number of ether oxygens (including phenoxy) is 1. The van der Waals surface area contributed by atoms with Gasteiger partial charge < -0.3 is 15.4 Å². The van der Waals surface area contributed by atoms with Crippen molar-refractivity contribution < 1.29 is 22.7 Å². The standard InChI is InChI=1S/C22H24ClN3O5S/c1-13-5-6-17(14(2)8-13)25-22(28)15-4-3-7-26(11-15)32(29,30)20-10-19-18(9-16(20)23)24-21(27)12-31-19/h5-6,8-10,15H,3-4,7,11-12H2,1-2H3,(H,24,27)(H,25,28)/t15-/m1/s1. The van der Waals surface area contributed by atoms with Crippen LogP contribution in [0.4, 0.5) is 11.4 Å². The fraction of sp³-hybridized carbons (Fsp3) is 0.364. The zero-order valence-corrected chi connectivity index (χ0v) is 19.3. The summed E-state index contributed by atoms with van der Waals surface area (Å²) >= 11 is 6.26. The average molecular weight is 478 g/mol. The first kappa shape index (κ1) is 22.6. The summed E-state index contributed by atoms with van der Waals surface area (Å²) in [5, 5.41) is 5.51. The van der Waals surface area contributed by atoms with Crippen LogP contribution in [0.3, 0.4) is 0 Å². The lowest BCUT2D eigenvalue weighted by molar-refractivity contribution is -0.121. The third kappa shape index (κ3) is 4.46. The molecule has 2 N–H and O–H groups in total. The SMILES string of the molecule is Cc1ccc(NC(=O)[C@@H]2CCCN(S(=O)(=O)c3cc4c(cc3Cl)NC(=O)CO4)C2)c(C)c1. The number of hydrogen-bond acceptors (Lipinski definition) is 5. The Kier molecular flexibility index (Phi) is 6.15. The van der Waals surface area contributed by atoms with Gasteiger partial charge in [0.25, 0.3) is 5.91 Å². The number of anilines is 2. The van der Waals surface area contributed by atoms with Crippen LogP contribution in [-0.4, -0.2) is 44.2 Å². The highest BCUT2D eigenvalue weighted by molar-refractivity contribution is 7.89. The summed E-state index contributed by atoms with van der Waals surface area (Å²) in [6.07, 6.45) is 1.15. The van der Waals surface area contributed by atoms with E-state index in [9.17, 15) is 18.0 Å². The van der Waals surface area contributed by atoms with E-state index < -0.39 is 15.9 Å². The van der Waals surface area contributed by atoms with E-state index in [0.717, 1.165) is 16.8 Å². The molecule has 4 rings (SSSR count). The monoisotopic (exact) mass is 477 g/mol. The molecule has 0 spiro atoms. The molecule has 2 aromatic carbocycles. The molecule has 1 fully saturated rings. The molecule has 2 amide bonds. The van der Waals surface area contributed by atoms with Gasteiger partial charge in [0, 0.05) is 24.8 Å². The maximum absolute atomic E-state index is 13.3. The predicted octanol–water partition coefficient (Wildman–Crippen LogP) is 3.33. The number of fused-ring (bicyclic) bond motifs is 1. The van der Waals surface area contributed by atoms with Gasteiger partial charge in [0.2, 0.25) is 15.9 Å². The maximum atomic E-state index is 13.3. The molecule has 0 saturated carbocycles. The summed E-state index contributed by atoms with van der Waals surface area (Å²) < 4.78 is 33.3. The number of carbonyl (C=O) groups is 2. The van der Waals surface area contributed by atoms with Gasteiger partial charge in [-0.1, -0.05) is 29.3 Å². The van der Waals surface area contributed by atoms with Gasteiger partial charge in [-0.15, -0.1) is 0 Å². The Morgan fingerprint density at radius 3 is 2.78 bits per heavy atom. The van der Waals surface area contributed by atoms with E-state index in [4.69, 9.17) is 16.3 Å². The summed E-state index contributed by atoms with van der Waals surface area (Å²) in [6, 6.07) is 8.45. The highest BCUT2D eigenvalue weighted by atomic mass is 35.5. The van der Waals surface area contributed by atoms with Gasteiger partial charge in [-0.2, -0.15) is 4.31 Å². The van der Waals surface area contributed by atoms with Crippen molar-refractivity contribution in [3.8, 4) is 5.75 Å². The number of nitrogens with zero attached hydrogens (tertiary/aromatic N) is 1. The molecule has 170 valence electrons. The Balaban J connectivity index is 1.53. The highest BCUT2D eigenvalue weighted by Crippen LogP contribution is 2.37. The highest BCUT2D eigenvalue weighted by Gasteiger charge is 2.35. The van der Waals surface area contributed by atoms with E-state index in [1.54, 1.807) is 0 Å². The number of rotatable bonds is 4. The van der Waals surface area contributed by atoms with Gasteiger partial charge in [0.15, 0.2) is 6.61 Å². The van der Waals surface area contributed by atoms with E-state index in [1.165, 1.54) is 16.4 Å². The smallest absolute Gasteiger partial charge is 0.262 e. The van der Waals surface area contributed by atoms with E-state index in [0.29, 0.717) is 25.1 Å². The molecule has 8 nitrogen and oxygen atoms in total. The van der Waals surface area contributed by atoms with Crippen LogP contribution in [0.1, 0.15) is 24.0 Å². The van der Waals surface area contributed by atoms with Crippen LogP contribution >= 0.6 is 11.6 Å². The number of halogens is 1. The van der Waals surface area contributed by atoms with Gasteiger partial charge in [0.1, 0.15) is 10.6 Å². The first-order chi connectivity index (χ1) is 15.1. The van der Waals surface area contributed by atoms with E-state index >= 15 is 0 Å². The topological polar surface area (TPSA) is 105 Å². The minimum Gasteiger partial charge on any atom is -0.482 e.